The smallest absolute Gasteiger partial charge is 0.247 e. The van der Waals surface area contributed by atoms with E-state index in [9.17, 15) is 8.42 Å². The van der Waals surface area contributed by atoms with Gasteiger partial charge in [0.15, 0.2) is 0 Å². The number of rotatable bonds is 3. The average molecular weight is 288 g/mol. The van der Waals surface area contributed by atoms with Gasteiger partial charge in [-0.05, 0) is 20.8 Å². The largest absolute Gasteiger partial charge is 0.374 e. The lowest BCUT2D eigenvalue weighted by Crippen LogP contribution is -2.52. The van der Waals surface area contributed by atoms with Crippen molar-refractivity contribution < 1.29 is 13.2 Å². The van der Waals surface area contributed by atoms with Gasteiger partial charge in [0, 0.05) is 19.1 Å². The number of H-pyrrole nitrogens is 1. The van der Waals surface area contributed by atoms with Crippen molar-refractivity contribution in [3.05, 3.63) is 11.4 Å². The van der Waals surface area contributed by atoms with Crippen molar-refractivity contribution in [3.63, 3.8) is 0 Å². The Morgan fingerprint density at radius 3 is 2.74 bits per heavy atom. The van der Waals surface area contributed by atoms with E-state index in [1.54, 1.807) is 13.8 Å². The highest BCUT2D eigenvalue weighted by Crippen LogP contribution is 2.25. The Kier molecular flexibility index (Phi) is 3.95. The van der Waals surface area contributed by atoms with Gasteiger partial charge < -0.3 is 10.5 Å². The molecule has 1 aliphatic rings. The number of nitrogens with two attached hydrogens (primary N) is 1. The molecular weight excluding hydrogens is 268 g/mol. The van der Waals surface area contributed by atoms with Crippen LogP contribution in [0.3, 0.4) is 0 Å². The Bertz CT molecular complexity index is 535. The van der Waals surface area contributed by atoms with Gasteiger partial charge in [0.1, 0.15) is 4.90 Å². The second-order valence-electron chi connectivity index (χ2n) is 4.88. The molecule has 0 aromatic carbocycles. The molecule has 1 aromatic heterocycles. The van der Waals surface area contributed by atoms with E-state index >= 15 is 0 Å². The fourth-order valence-electron chi connectivity index (χ4n) is 2.31. The van der Waals surface area contributed by atoms with Gasteiger partial charge in [-0.15, -0.1) is 0 Å². The molecule has 1 fully saturated rings. The minimum Gasteiger partial charge on any atom is -0.374 e. The molecule has 0 saturated carbocycles. The number of hydrogen-bond acceptors (Lipinski definition) is 5. The van der Waals surface area contributed by atoms with Gasteiger partial charge in [-0.25, -0.2) is 8.42 Å². The highest BCUT2D eigenvalue weighted by molar-refractivity contribution is 7.89. The molecule has 19 heavy (non-hydrogen) atoms. The van der Waals surface area contributed by atoms with Crippen LogP contribution in [0.5, 0.6) is 0 Å². The molecule has 2 rings (SSSR count). The summed E-state index contributed by atoms with van der Waals surface area (Å²) in [7, 11) is -3.57. The average Bonchev–Trinajstić information content (AvgIpc) is 2.70. The van der Waals surface area contributed by atoms with Crippen molar-refractivity contribution in [2.24, 2.45) is 5.73 Å². The normalized spacial score (nSPS) is 25.7. The van der Waals surface area contributed by atoms with Gasteiger partial charge in [-0.2, -0.15) is 9.40 Å². The van der Waals surface area contributed by atoms with E-state index in [1.165, 1.54) is 4.31 Å². The molecule has 1 aliphatic heterocycles. The predicted molar refractivity (Wildman–Crippen MR) is 70.2 cm³/mol. The molecule has 8 heteroatoms. The Balaban J connectivity index is 2.38. The monoisotopic (exact) mass is 288 g/mol. The quantitative estimate of drug-likeness (QED) is 0.799. The second-order valence-corrected chi connectivity index (χ2v) is 6.71. The molecule has 0 bridgehead atoms. The van der Waals surface area contributed by atoms with Crippen LogP contribution in [0.15, 0.2) is 4.90 Å². The minimum absolute atomic E-state index is 0.207. The fourth-order valence-corrected chi connectivity index (χ4v) is 4.29. The summed E-state index contributed by atoms with van der Waals surface area (Å²) in [6, 6.07) is -0.207. The topological polar surface area (TPSA) is 101 Å². The van der Waals surface area contributed by atoms with E-state index in [-0.39, 0.29) is 23.6 Å². The van der Waals surface area contributed by atoms with E-state index in [4.69, 9.17) is 10.5 Å². The van der Waals surface area contributed by atoms with Gasteiger partial charge in [0.25, 0.3) is 0 Å². The SMILES string of the molecule is Cc1n[nH]c(C)c1S(=O)(=O)N1CC(CN)OCC1C. The van der Waals surface area contributed by atoms with Gasteiger partial charge >= 0.3 is 0 Å². The zero-order valence-electron chi connectivity index (χ0n) is 11.4. The summed E-state index contributed by atoms with van der Waals surface area (Å²) < 4.78 is 32.4. The van der Waals surface area contributed by atoms with Crippen LogP contribution >= 0.6 is 0 Å². The van der Waals surface area contributed by atoms with Crippen LogP contribution in [-0.2, 0) is 14.8 Å². The second kappa shape index (κ2) is 5.20. The first-order valence-electron chi connectivity index (χ1n) is 6.23. The number of hydrogen-bond donors (Lipinski definition) is 2. The summed E-state index contributed by atoms with van der Waals surface area (Å²) in [5.41, 5.74) is 6.61. The number of aromatic nitrogens is 2. The minimum atomic E-state index is -3.57. The van der Waals surface area contributed by atoms with Crippen LogP contribution in [0.25, 0.3) is 0 Å². The van der Waals surface area contributed by atoms with Crippen LogP contribution in [0, 0.1) is 13.8 Å². The van der Waals surface area contributed by atoms with Crippen molar-refractivity contribution >= 4 is 10.0 Å². The molecule has 2 heterocycles. The molecule has 2 atom stereocenters. The van der Waals surface area contributed by atoms with Crippen molar-refractivity contribution in [3.8, 4) is 0 Å². The lowest BCUT2D eigenvalue weighted by Gasteiger charge is -2.36. The van der Waals surface area contributed by atoms with E-state index < -0.39 is 10.0 Å². The molecule has 7 nitrogen and oxygen atoms in total. The molecule has 0 amide bonds. The van der Waals surface area contributed by atoms with Crippen LogP contribution in [0.1, 0.15) is 18.3 Å². The summed E-state index contributed by atoms with van der Waals surface area (Å²) in [5, 5.41) is 6.67. The molecule has 3 N–H and O–H groups in total. The van der Waals surface area contributed by atoms with Crippen molar-refractivity contribution in [2.75, 3.05) is 19.7 Å². The van der Waals surface area contributed by atoms with Gasteiger partial charge in [0.2, 0.25) is 10.0 Å². The third kappa shape index (κ3) is 2.53. The molecule has 2 unspecified atom stereocenters. The number of ether oxygens (including phenoxy) is 1. The van der Waals surface area contributed by atoms with E-state index in [0.29, 0.717) is 24.5 Å². The van der Waals surface area contributed by atoms with Crippen LogP contribution in [0.2, 0.25) is 0 Å². The highest BCUT2D eigenvalue weighted by atomic mass is 32.2. The Morgan fingerprint density at radius 1 is 1.53 bits per heavy atom. The first-order chi connectivity index (χ1) is 8.87. The number of sulfonamides is 1. The van der Waals surface area contributed by atoms with Crippen LogP contribution in [-0.4, -0.2) is 54.8 Å². The third-order valence-electron chi connectivity index (χ3n) is 3.34. The van der Waals surface area contributed by atoms with E-state index in [2.05, 4.69) is 10.2 Å². The number of aryl methyl sites for hydroxylation is 2. The molecular formula is C11H20N4O3S. The fraction of sp³-hybridized carbons (Fsp3) is 0.727. The lowest BCUT2D eigenvalue weighted by atomic mass is 10.2. The summed E-state index contributed by atoms with van der Waals surface area (Å²) in [5.74, 6) is 0. The number of aromatic amines is 1. The Hall–Kier alpha value is -0.960. The first kappa shape index (κ1) is 14.4. The highest BCUT2D eigenvalue weighted by Gasteiger charge is 2.37. The molecule has 0 aliphatic carbocycles. The van der Waals surface area contributed by atoms with E-state index in [0.717, 1.165) is 0 Å². The summed E-state index contributed by atoms with van der Waals surface area (Å²) >= 11 is 0. The van der Waals surface area contributed by atoms with Gasteiger partial charge in [-0.3, -0.25) is 5.10 Å². The van der Waals surface area contributed by atoms with E-state index in [1.807, 2.05) is 6.92 Å². The number of nitrogens with one attached hydrogen (secondary N) is 1. The van der Waals surface area contributed by atoms with Crippen molar-refractivity contribution in [2.45, 2.75) is 37.8 Å². The maximum atomic E-state index is 12.7. The molecule has 108 valence electrons. The molecule has 1 aromatic rings. The molecule has 1 saturated heterocycles. The lowest BCUT2D eigenvalue weighted by molar-refractivity contribution is -0.0219. The standard InChI is InChI=1S/C11H20N4O3S/c1-7-6-18-10(4-12)5-15(7)19(16,17)11-8(2)13-14-9(11)3/h7,10H,4-6,12H2,1-3H3,(H,13,14). The van der Waals surface area contributed by atoms with Crippen molar-refractivity contribution in [1.82, 2.24) is 14.5 Å². The maximum absolute atomic E-state index is 12.7. The van der Waals surface area contributed by atoms with Gasteiger partial charge in [0.05, 0.1) is 24.1 Å². The third-order valence-corrected chi connectivity index (χ3v) is 5.58. The Labute approximate surface area is 113 Å². The summed E-state index contributed by atoms with van der Waals surface area (Å²) in [4.78, 5) is 0.261. The molecule has 0 spiro atoms. The number of nitrogens with zero attached hydrogens (tertiary/aromatic N) is 2. The zero-order chi connectivity index (χ0) is 14.2. The summed E-state index contributed by atoms with van der Waals surface area (Å²) in [6.45, 7) is 6.17. The van der Waals surface area contributed by atoms with Crippen molar-refractivity contribution in [1.29, 1.82) is 0 Å². The Morgan fingerprint density at radius 2 is 2.21 bits per heavy atom. The molecule has 0 radical (unpaired) electrons. The number of morpholine rings is 1. The van der Waals surface area contributed by atoms with Gasteiger partial charge in [-0.1, -0.05) is 0 Å². The summed E-state index contributed by atoms with van der Waals surface area (Å²) in [6.07, 6.45) is -0.251. The first-order valence-corrected chi connectivity index (χ1v) is 7.67. The van der Waals surface area contributed by atoms with Crippen LogP contribution in [0.4, 0.5) is 0 Å². The predicted octanol–water partition coefficient (Wildman–Crippen LogP) is -0.237. The van der Waals surface area contributed by atoms with Crippen LogP contribution < -0.4 is 5.73 Å². The maximum Gasteiger partial charge on any atom is 0.247 e. The zero-order valence-corrected chi connectivity index (χ0v) is 12.2.